The standard InChI is InChI=1S/C7H8N2O2/c8-9-6-3-1-5(2-4-6)7(10)11/h1-4,9H,8H2,(H,10,11)/i1D,2D,3D,4D. The largest absolute Gasteiger partial charge is 0.478 e. The molecule has 0 bridgehead atoms. The average molecular weight is 156 g/mol. The summed E-state index contributed by atoms with van der Waals surface area (Å²) in [4.78, 5) is 10.7. The number of nitrogens with one attached hydrogen (secondary N) is 1. The van der Waals surface area contributed by atoms with Gasteiger partial charge in [0.25, 0.3) is 0 Å². The van der Waals surface area contributed by atoms with Crippen LogP contribution in [0.2, 0.25) is 0 Å². The number of hydrogen-bond acceptors (Lipinski definition) is 3. The Morgan fingerprint density at radius 1 is 1.55 bits per heavy atom. The first kappa shape index (κ1) is 3.73. The van der Waals surface area contributed by atoms with E-state index in [9.17, 15) is 4.79 Å². The second kappa shape index (κ2) is 3.03. The van der Waals surface area contributed by atoms with E-state index in [-0.39, 0.29) is 5.69 Å². The molecule has 1 rings (SSSR count). The van der Waals surface area contributed by atoms with Crippen molar-refractivity contribution in [1.82, 2.24) is 0 Å². The van der Waals surface area contributed by atoms with Gasteiger partial charge < -0.3 is 10.5 Å². The van der Waals surface area contributed by atoms with Crippen LogP contribution in [-0.2, 0) is 0 Å². The molecule has 0 aromatic heterocycles. The van der Waals surface area contributed by atoms with E-state index in [0.717, 1.165) is 0 Å². The van der Waals surface area contributed by atoms with Crippen LogP contribution in [0.1, 0.15) is 15.8 Å². The van der Waals surface area contributed by atoms with Crippen molar-refractivity contribution >= 4 is 11.7 Å². The second-order valence-corrected chi connectivity index (χ2v) is 1.70. The van der Waals surface area contributed by atoms with Gasteiger partial charge in [0, 0.05) is 5.69 Å². The number of nitrogen functional groups attached to an aromatic ring is 1. The lowest BCUT2D eigenvalue weighted by atomic mass is 10.2. The molecule has 0 atom stereocenters. The molecular formula is C7H8N2O2. The number of hydrazine groups is 1. The molecule has 1 aromatic rings. The third kappa shape index (κ3) is 1.68. The lowest BCUT2D eigenvalue weighted by Gasteiger charge is -1.98. The Hall–Kier alpha value is -1.55. The zero-order chi connectivity index (χ0) is 11.7. The summed E-state index contributed by atoms with van der Waals surface area (Å²) in [5.41, 5.74) is 1.11. The summed E-state index contributed by atoms with van der Waals surface area (Å²) in [6.07, 6.45) is 0. The Bertz CT molecular complexity index is 406. The molecule has 4 N–H and O–H groups in total. The Morgan fingerprint density at radius 3 is 2.45 bits per heavy atom. The highest BCUT2D eigenvalue weighted by Crippen LogP contribution is 2.07. The number of hydrogen-bond donors (Lipinski definition) is 3. The van der Waals surface area contributed by atoms with Crippen LogP contribution in [0.15, 0.2) is 24.2 Å². The van der Waals surface area contributed by atoms with E-state index in [1.165, 1.54) is 0 Å². The van der Waals surface area contributed by atoms with Crippen LogP contribution in [0.25, 0.3) is 0 Å². The first-order valence-corrected chi connectivity index (χ1v) is 2.72. The van der Waals surface area contributed by atoms with E-state index >= 15 is 0 Å². The maximum Gasteiger partial charge on any atom is 0.335 e. The highest BCUT2D eigenvalue weighted by Gasteiger charge is 1.99. The van der Waals surface area contributed by atoms with E-state index in [2.05, 4.69) is 0 Å². The third-order valence-electron chi connectivity index (χ3n) is 0.983. The van der Waals surface area contributed by atoms with Gasteiger partial charge in [0.15, 0.2) is 0 Å². The molecule has 0 amide bonds. The van der Waals surface area contributed by atoms with Crippen molar-refractivity contribution in [2.24, 2.45) is 5.84 Å². The van der Waals surface area contributed by atoms with Gasteiger partial charge in [0.1, 0.15) is 0 Å². The molecule has 1 aromatic carbocycles. The van der Waals surface area contributed by atoms with Crippen LogP contribution in [0, 0.1) is 0 Å². The van der Waals surface area contributed by atoms with Crippen molar-refractivity contribution in [3.63, 3.8) is 0 Å². The number of carboxylic acids is 1. The summed E-state index contributed by atoms with van der Waals surface area (Å²) in [7, 11) is 0. The number of aromatic carboxylic acids is 1. The fourth-order valence-corrected chi connectivity index (χ4v) is 0.492. The molecule has 0 unspecified atom stereocenters. The normalized spacial score (nSPS) is 14.3. The molecule has 0 aliphatic heterocycles. The first-order valence-electron chi connectivity index (χ1n) is 4.72. The van der Waals surface area contributed by atoms with Gasteiger partial charge in [-0.1, -0.05) is 0 Å². The van der Waals surface area contributed by atoms with Crippen LogP contribution >= 0.6 is 0 Å². The number of carboxylic acid groups (broad SMARTS) is 1. The van der Waals surface area contributed by atoms with Gasteiger partial charge in [-0.3, -0.25) is 5.84 Å². The van der Waals surface area contributed by atoms with E-state index in [4.69, 9.17) is 16.4 Å². The van der Waals surface area contributed by atoms with Crippen LogP contribution in [0.3, 0.4) is 0 Å². The van der Waals surface area contributed by atoms with Crippen LogP contribution in [0.5, 0.6) is 0 Å². The Morgan fingerprint density at radius 2 is 2.09 bits per heavy atom. The monoisotopic (exact) mass is 156 g/mol. The van der Waals surface area contributed by atoms with Gasteiger partial charge in [-0.25, -0.2) is 4.79 Å². The van der Waals surface area contributed by atoms with E-state index in [1.807, 2.05) is 5.43 Å². The SMILES string of the molecule is [2H]c1c([2H])c(C(=O)O)c([2H])c([2H])c1NN. The molecule has 0 radical (unpaired) electrons. The van der Waals surface area contributed by atoms with Crippen LogP contribution < -0.4 is 11.3 Å². The minimum atomic E-state index is -1.50. The third-order valence-corrected chi connectivity index (χ3v) is 0.983. The molecule has 4 nitrogen and oxygen atoms in total. The van der Waals surface area contributed by atoms with Gasteiger partial charge >= 0.3 is 5.97 Å². The predicted molar refractivity (Wildman–Crippen MR) is 41.2 cm³/mol. The van der Waals surface area contributed by atoms with Crippen LogP contribution in [-0.4, -0.2) is 11.1 Å². The molecule has 0 spiro atoms. The Labute approximate surface area is 69.2 Å². The van der Waals surface area contributed by atoms with E-state index in [1.54, 1.807) is 0 Å². The van der Waals surface area contributed by atoms with Crippen LogP contribution in [0.4, 0.5) is 5.69 Å². The summed E-state index contributed by atoms with van der Waals surface area (Å²) in [6.45, 7) is 0. The Kier molecular flexibility index (Phi) is 1.03. The summed E-state index contributed by atoms with van der Waals surface area (Å²) in [6, 6.07) is -2.26. The van der Waals surface area contributed by atoms with E-state index in [0.29, 0.717) is 0 Å². The van der Waals surface area contributed by atoms with Gasteiger partial charge in [-0.05, 0) is 24.2 Å². The average Bonchev–Trinajstić information content (AvgIpc) is 2.16. The van der Waals surface area contributed by atoms with Crippen molar-refractivity contribution in [2.75, 3.05) is 5.43 Å². The molecule has 4 heteroatoms. The molecule has 0 saturated carbocycles. The smallest absolute Gasteiger partial charge is 0.335 e. The highest BCUT2D eigenvalue weighted by atomic mass is 16.4. The summed E-state index contributed by atoms with van der Waals surface area (Å²) in [5.74, 6) is 3.51. The number of benzene rings is 1. The van der Waals surface area contributed by atoms with Crippen molar-refractivity contribution in [3.8, 4) is 0 Å². The topological polar surface area (TPSA) is 75.3 Å². The lowest BCUT2D eigenvalue weighted by Crippen LogP contribution is -2.06. The first-order chi connectivity index (χ1) is 6.91. The molecule has 0 aliphatic rings. The minimum Gasteiger partial charge on any atom is -0.478 e. The summed E-state index contributed by atoms with van der Waals surface area (Å²) in [5, 5.41) is 8.70. The quantitative estimate of drug-likeness (QED) is 0.434. The highest BCUT2D eigenvalue weighted by molar-refractivity contribution is 5.87. The molecule has 0 aliphatic carbocycles. The maximum absolute atomic E-state index is 10.7. The maximum atomic E-state index is 10.7. The van der Waals surface area contributed by atoms with Crippen molar-refractivity contribution in [2.45, 2.75) is 0 Å². The molecule has 0 heterocycles. The fourth-order valence-electron chi connectivity index (χ4n) is 0.492. The predicted octanol–water partition coefficient (Wildman–Crippen LogP) is 0.670. The Balaban J connectivity index is 3.66. The zero-order valence-corrected chi connectivity index (χ0v) is 5.43. The lowest BCUT2D eigenvalue weighted by molar-refractivity contribution is 0.0697. The second-order valence-electron chi connectivity index (χ2n) is 1.70. The van der Waals surface area contributed by atoms with E-state index < -0.39 is 35.7 Å². The van der Waals surface area contributed by atoms with Crippen molar-refractivity contribution in [1.29, 1.82) is 0 Å². The molecule has 58 valence electrons. The van der Waals surface area contributed by atoms with Gasteiger partial charge in [0.2, 0.25) is 0 Å². The number of nitrogens with two attached hydrogens (primary N) is 1. The zero-order valence-electron chi connectivity index (χ0n) is 9.43. The fraction of sp³-hybridized carbons (Fsp3) is 0. The number of anilines is 1. The van der Waals surface area contributed by atoms with Gasteiger partial charge in [-0.15, -0.1) is 0 Å². The number of carbonyl (C=O) groups is 1. The van der Waals surface area contributed by atoms with Crippen molar-refractivity contribution < 1.29 is 15.4 Å². The molecule has 11 heavy (non-hydrogen) atoms. The summed E-state index contributed by atoms with van der Waals surface area (Å²) >= 11 is 0. The molecular weight excluding hydrogens is 144 g/mol. The number of rotatable bonds is 2. The van der Waals surface area contributed by atoms with Gasteiger partial charge in [-0.2, -0.15) is 0 Å². The van der Waals surface area contributed by atoms with Crippen molar-refractivity contribution in [3.05, 3.63) is 29.7 Å². The summed E-state index contributed by atoms with van der Waals surface area (Å²) < 4.78 is 29.4. The van der Waals surface area contributed by atoms with Gasteiger partial charge in [0.05, 0.1) is 11.0 Å². The molecule has 0 fully saturated rings. The molecule has 0 saturated heterocycles. The minimum absolute atomic E-state index is 0.227.